The highest BCUT2D eigenvalue weighted by atomic mass is 35.5. The van der Waals surface area contributed by atoms with Crippen molar-refractivity contribution in [2.45, 2.75) is 39.3 Å². The van der Waals surface area contributed by atoms with Gasteiger partial charge in [-0.2, -0.15) is 0 Å². The molecule has 0 atom stereocenters. The fraction of sp³-hybridized carbons (Fsp3) is 0.500. The summed E-state index contributed by atoms with van der Waals surface area (Å²) < 4.78 is 5.34. The molecule has 0 bridgehead atoms. The number of rotatable bonds is 0. The van der Waals surface area contributed by atoms with Gasteiger partial charge in [0.2, 0.25) is 0 Å². The number of hydrogen-bond acceptors (Lipinski definition) is 3. The molecule has 19 heavy (non-hydrogen) atoms. The monoisotopic (exact) mass is 283 g/mol. The SMILES string of the molecule is CC(C)(C)OC(=O)N1CCc2ccc(O)c(Cl)c2C1. The maximum absolute atomic E-state index is 12.0. The van der Waals surface area contributed by atoms with Crippen LogP contribution in [0.1, 0.15) is 31.9 Å². The molecular formula is C14H18ClNO3. The molecule has 0 aliphatic carbocycles. The van der Waals surface area contributed by atoms with Crippen LogP contribution in [0.15, 0.2) is 12.1 Å². The zero-order valence-electron chi connectivity index (χ0n) is 11.4. The van der Waals surface area contributed by atoms with Crippen LogP contribution in [0.3, 0.4) is 0 Å². The number of halogens is 1. The maximum Gasteiger partial charge on any atom is 0.410 e. The topological polar surface area (TPSA) is 49.8 Å². The number of fused-ring (bicyclic) bond motifs is 1. The standard InChI is InChI=1S/C14H18ClNO3/c1-14(2,3)19-13(18)16-7-6-9-4-5-11(17)12(15)10(9)8-16/h4-5,17H,6-8H2,1-3H3. The molecule has 104 valence electrons. The zero-order chi connectivity index (χ0) is 14.2. The van der Waals surface area contributed by atoms with E-state index in [1.54, 1.807) is 11.0 Å². The van der Waals surface area contributed by atoms with E-state index < -0.39 is 5.60 Å². The lowest BCUT2D eigenvalue weighted by Crippen LogP contribution is -2.40. The normalized spacial score (nSPS) is 15.1. The Hall–Kier alpha value is -1.42. The van der Waals surface area contributed by atoms with Gasteiger partial charge in [-0.3, -0.25) is 0 Å². The number of carbonyl (C=O) groups excluding carboxylic acids is 1. The minimum absolute atomic E-state index is 0.0476. The summed E-state index contributed by atoms with van der Waals surface area (Å²) in [5.41, 5.74) is 1.36. The van der Waals surface area contributed by atoms with Crippen LogP contribution in [0.25, 0.3) is 0 Å². The molecule has 4 nitrogen and oxygen atoms in total. The van der Waals surface area contributed by atoms with Gasteiger partial charge in [-0.1, -0.05) is 17.7 Å². The van der Waals surface area contributed by atoms with Gasteiger partial charge in [0, 0.05) is 6.54 Å². The van der Waals surface area contributed by atoms with Crippen LogP contribution in [0.2, 0.25) is 5.02 Å². The van der Waals surface area contributed by atoms with Gasteiger partial charge in [0.25, 0.3) is 0 Å². The summed E-state index contributed by atoms with van der Waals surface area (Å²) in [4.78, 5) is 13.6. The number of amides is 1. The summed E-state index contributed by atoms with van der Waals surface area (Å²) in [6.45, 7) is 6.48. The van der Waals surface area contributed by atoms with Crippen molar-refractivity contribution in [2.75, 3.05) is 6.54 Å². The molecule has 1 aromatic rings. The van der Waals surface area contributed by atoms with E-state index in [4.69, 9.17) is 16.3 Å². The van der Waals surface area contributed by atoms with Gasteiger partial charge >= 0.3 is 6.09 Å². The average molecular weight is 284 g/mol. The highest BCUT2D eigenvalue weighted by Gasteiger charge is 2.27. The quantitative estimate of drug-likeness (QED) is 0.794. The minimum atomic E-state index is -0.514. The van der Waals surface area contributed by atoms with E-state index in [1.165, 1.54) is 0 Å². The van der Waals surface area contributed by atoms with Crippen LogP contribution in [0.4, 0.5) is 4.79 Å². The molecule has 1 N–H and O–H groups in total. The van der Waals surface area contributed by atoms with Gasteiger partial charge in [0.1, 0.15) is 11.4 Å². The van der Waals surface area contributed by atoms with E-state index in [0.717, 1.165) is 11.1 Å². The molecule has 1 aliphatic heterocycles. The summed E-state index contributed by atoms with van der Waals surface area (Å²) in [5, 5.41) is 9.94. The number of hydrogen-bond donors (Lipinski definition) is 1. The molecule has 0 aromatic heterocycles. The van der Waals surface area contributed by atoms with Crippen LogP contribution in [-0.2, 0) is 17.7 Å². The van der Waals surface area contributed by atoms with Gasteiger partial charge in [0.15, 0.2) is 0 Å². The van der Waals surface area contributed by atoms with E-state index in [9.17, 15) is 9.90 Å². The van der Waals surface area contributed by atoms with Gasteiger partial charge in [-0.05, 0) is 44.4 Å². The Morgan fingerprint density at radius 3 is 2.74 bits per heavy atom. The first-order valence-electron chi connectivity index (χ1n) is 6.25. The second-order valence-electron chi connectivity index (χ2n) is 5.69. The first kappa shape index (κ1) is 14.0. The zero-order valence-corrected chi connectivity index (χ0v) is 12.1. The van der Waals surface area contributed by atoms with Gasteiger partial charge in [-0.15, -0.1) is 0 Å². The predicted molar refractivity (Wildman–Crippen MR) is 73.5 cm³/mol. The second-order valence-corrected chi connectivity index (χ2v) is 6.07. The number of phenolic OH excluding ortho intramolecular Hbond substituents is 1. The van der Waals surface area contributed by atoms with Crippen LogP contribution in [-0.4, -0.2) is 28.2 Å². The largest absolute Gasteiger partial charge is 0.506 e. The summed E-state index contributed by atoms with van der Waals surface area (Å²) in [7, 11) is 0. The van der Waals surface area contributed by atoms with Crippen molar-refractivity contribution in [1.82, 2.24) is 4.90 Å². The van der Waals surface area contributed by atoms with Crippen LogP contribution in [0.5, 0.6) is 5.75 Å². The third kappa shape index (κ3) is 3.13. The van der Waals surface area contributed by atoms with Crippen LogP contribution < -0.4 is 0 Å². The van der Waals surface area contributed by atoms with Gasteiger partial charge in [-0.25, -0.2) is 4.79 Å². The number of aromatic hydroxyl groups is 1. The molecule has 5 heteroatoms. The van der Waals surface area contributed by atoms with Crippen molar-refractivity contribution in [2.24, 2.45) is 0 Å². The summed E-state index contributed by atoms with van der Waals surface area (Å²) in [6, 6.07) is 3.44. The van der Waals surface area contributed by atoms with Gasteiger partial charge in [0.05, 0.1) is 11.6 Å². The Kier molecular flexibility index (Phi) is 3.63. The molecule has 1 heterocycles. The highest BCUT2D eigenvalue weighted by Crippen LogP contribution is 2.33. The maximum atomic E-state index is 12.0. The molecular weight excluding hydrogens is 266 g/mol. The lowest BCUT2D eigenvalue weighted by molar-refractivity contribution is 0.0224. The molecule has 0 fully saturated rings. The average Bonchev–Trinajstić information content (AvgIpc) is 2.31. The van der Waals surface area contributed by atoms with Crippen LogP contribution in [0, 0.1) is 0 Å². The Morgan fingerprint density at radius 2 is 2.11 bits per heavy atom. The molecule has 1 aliphatic rings. The fourth-order valence-electron chi connectivity index (χ4n) is 2.06. The fourth-order valence-corrected chi connectivity index (χ4v) is 2.31. The lowest BCUT2D eigenvalue weighted by atomic mass is 9.99. The molecule has 0 unspecified atom stereocenters. The third-order valence-corrected chi connectivity index (χ3v) is 3.39. The lowest BCUT2D eigenvalue weighted by Gasteiger charge is -2.31. The van der Waals surface area contributed by atoms with Gasteiger partial charge < -0.3 is 14.7 Å². The molecule has 0 spiro atoms. The minimum Gasteiger partial charge on any atom is -0.506 e. The molecule has 0 radical (unpaired) electrons. The molecule has 0 saturated carbocycles. The van der Waals surface area contributed by atoms with Crippen molar-refractivity contribution in [3.8, 4) is 5.75 Å². The molecule has 1 amide bonds. The van der Waals surface area contributed by atoms with E-state index >= 15 is 0 Å². The Labute approximate surface area is 117 Å². The summed E-state index contributed by atoms with van der Waals surface area (Å²) >= 11 is 6.09. The Balaban J connectivity index is 2.18. The van der Waals surface area contributed by atoms with Crippen molar-refractivity contribution in [3.63, 3.8) is 0 Å². The van der Waals surface area contributed by atoms with Crippen LogP contribution >= 0.6 is 11.6 Å². The third-order valence-electron chi connectivity index (χ3n) is 2.97. The number of ether oxygens (including phenoxy) is 1. The second kappa shape index (κ2) is 4.93. The van der Waals surface area contributed by atoms with Crippen molar-refractivity contribution in [1.29, 1.82) is 0 Å². The summed E-state index contributed by atoms with van der Waals surface area (Å²) in [6.07, 6.45) is 0.367. The Bertz CT molecular complexity index is 508. The Morgan fingerprint density at radius 1 is 1.42 bits per heavy atom. The molecule has 0 saturated heterocycles. The van der Waals surface area contributed by atoms with Crippen molar-refractivity contribution in [3.05, 3.63) is 28.3 Å². The first-order chi connectivity index (χ1) is 8.78. The number of nitrogens with zero attached hydrogens (tertiary/aromatic N) is 1. The highest BCUT2D eigenvalue weighted by molar-refractivity contribution is 6.32. The predicted octanol–water partition coefficient (Wildman–Crippen LogP) is 3.34. The first-order valence-corrected chi connectivity index (χ1v) is 6.63. The summed E-state index contributed by atoms with van der Waals surface area (Å²) in [5.74, 6) is 0.0476. The van der Waals surface area contributed by atoms with E-state index in [2.05, 4.69) is 0 Å². The van der Waals surface area contributed by atoms with Crippen molar-refractivity contribution < 1.29 is 14.6 Å². The number of phenols is 1. The molecule has 1 aromatic carbocycles. The number of benzene rings is 1. The van der Waals surface area contributed by atoms with E-state index in [-0.39, 0.29) is 11.8 Å². The van der Waals surface area contributed by atoms with Crippen molar-refractivity contribution >= 4 is 17.7 Å². The number of carbonyl (C=O) groups is 1. The smallest absolute Gasteiger partial charge is 0.410 e. The molecule has 2 rings (SSSR count). The van der Waals surface area contributed by atoms with E-state index in [0.29, 0.717) is 24.5 Å². The van der Waals surface area contributed by atoms with E-state index in [1.807, 2.05) is 26.8 Å².